The third kappa shape index (κ3) is 5.87. The summed E-state index contributed by atoms with van der Waals surface area (Å²) in [6.45, 7) is 5.33. The third-order valence-corrected chi connectivity index (χ3v) is 6.33. The Hall–Kier alpha value is -2.35. The molecular formula is C23H28ClN5OS. The summed E-state index contributed by atoms with van der Waals surface area (Å²) in [5, 5.41) is 10.2. The van der Waals surface area contributed by atoms with Crippen LogP contribution >= 0.6 is 23.4 Å². The van der Waals surface area contributed by atoms with E-state index in [0.29, 0.717) is 29.0 Å². The van der Waals surface area contributed by atoms with Crippen LogP contribution in [-0.2, 0) is 11.3 Å². The molecule has 31 heavy (non-hydrogen) atoms. The Morgan fingerprint density at radius 1 is 1.10 bits per heavy atom. The molecule has 1 aromatic heterocycles. The van der Waals surface area contributed by atoms with Gasteiger partial charge in [-0.05, 0) is 57.8 Å². The molecule has 0 saturated heterocycles. The highest BCUT2D eigenvalue weighted by molar-refractivity contribution is 7.99. The summed E-state index contributed by atoms with van der Waals surface area (Å²) in [6.07, 6.45) is 0. The second-order valence-electron chi connectivity index (χ2n) is 7.47. The highest BCUT2D eigenvalue weighted by atomic mass is 35.5. The van der Waals surface area contributed by atoms with Crippen LogP contribution in [0.2, 0.25) is 5.02 Å². The molecule has 3 aromatic rings. The Bertz CT molecular complexity index is 991. The van der Waals surface area contributed by atoms with Crippen LogP contribution < -0.4 is 0 Å². The summed E-state index contributed by atoms with van der Waals surface area (Å²) in [4.78, 5) is 16.8. The highest BCUT2D eigenvalue weighted by Gasteiger charge is 2.22. The predicted octanol–water partition coefficient (Wildman–Crippen LogP) is 4.68. The fourth-order valence-corrected chi connectivity index (χ4v) is 4.09. The van der Waals surface area contributed by atoms with Gasteiger partial charge in [-0.25, -0.2) is 0 Å². The lowest BCUT2D eigenvalue weighted by Crippen LogP contribution is -2.31. The Morgan fingerprint density at radius 3 is 2.39 bits per heavy atom. The van der Waals surface area contributed by atoms with Gasteiger partial charge in [0, 0.05) is 23.8 Å². The zero-order valence-corrected chi connectivity index (χ0v) is 19.9. The quantitative estimate of drug-likeness (QED) is 0.436. The van der Waals surface area contributed by atoms with Crippen molar-refractivity contribution in [2.75, 3.05) is 26.4 Å². The fourth-order valence-electron chi connectivity index (χ4n) is 3.11. The van der Waals surface area contributed by atoms with E-state index in [0.717, 1.165) is 17.1 Å². The maximum Gasteiger partial charge on any atom is 0.233 e. The van der Waals surface area contributed by atoms with Gasteiger partial charge in [-0.15, -0.1) is 10.2 Å². The predicted molar refractivity (Wildman–Crippen MR) is 127 cm³/mol. The summed E-state index contributed by atoms with van der Waals surface area (Å²) < 4.78 is 2.01. The van der Waals surface area contributed by atoms with Crippen LogP contribution in [0.4, 0.5) is 0 Å². The van der Waals surface area contributed by atoms with Crippen molar-refractivity contribution in [3.8, 4) is 5.69 Å². The number of nitrogens with zero attached hydrogens (tertiary/aromatic N) is 5. The molecule has 6 nitrogen and oxygen atoms in total. The van der Waals surface area contributed by atoms with Crippen molar-refractivity contribution in [3.05, 3.63) is 71.0 Å². The van der Waals surface area contributed by atoms with Crippen molar-refractivity contribution in [3.63, 3.8) is 0 Å². The molecule has 0 fully saturated rings. The first kappa shape index (κ1) is 23.3. The molecule has 1 unspecified atom stereocenters. The van der Waals surface area contributed by atoms with E-state index in [1.165, 1.54) is 11.8 Å². The molecule has 1 amide bonds. The van der Waals surface area contributed by atoms with E-state index in [1.54, 1.807) is 0 Å². The Morgan fingerprint density at radius 2 is 1.77 bits per heavy atom. The Kier molecular flexibility index (Phi) is 8.12. The number of benzene rings is 2. The van der Waals surface area contributed by atoms with E-state index < -0.39 is 0 Å². The molecule has 3 rings (SSSR count). The standard InChI is InChI=1S/C23H28ClN5OS/c1-5-28(15-18-9-7-6-8-10-18)21(30)16-31-23-26-25-22(17(2)27(3)4)29(23)20-13-11-19(24)12-14-20/h6-14,17H,5,15-16H2,1-4H3. The molecule has 1 atom stereocenters. The first-order valence-electron chi connectivity index (χ1n) is 10.2. The smallest absolute Gasteiger partial charge is 0.233 e. The number of thioether (sulfide) groups is 1. The van der Waals surface area contributed by atoms with Gasteiger partial charge < -0.3 is 4.90 Å². The summed E-state index contributed by atoms with van der Waals surface area (Å²) in [7, 11) is 4.01. The number of carbonyl (C=O) groups excluding carboxylic acids is 1. The van der Waals surface area contributed by atoms with E-state index in [1.807, 2.05) is 85.1 Å². The zero-order valence-electron chi connectivity index (χ0n) is 18.3. The fraction of sp³-hybridized carbons (Fsp3) is 0.348. The van der Waals surface area contributed by atoms with Crippen LogP contribution in [0.25, 0.3) is 5.69 Å². The average Bonchev–Trinajstić information content (AvgIpc) is 3.20. The summed E-state index contributed by atoms with van der Waals surface area (Å²) in [5.41, 5.74) is 2.04. The number of rotatable bonds is 9. The molecule has 164 valence electrons. The van der Waals surface area contributed by atoms with Crippen LogP contribution in [0, 0.1) is 0 Å². The monoisotopic (exact) mass is 457 g/mol. The summed E-state index contributed by atoms with van der Waals surface area (Å²) in [5.74, 6) is 1.19. The molecule has 0 spiro atoms. The maximum absolute atomic E-state index is 12.9. The van der Waals surface area contributed by atoms with E-state index >= 15 is 0 Å². The molecule has 0 bridgehead atoms. The Labute approximate surface area is 193 Å². The van der Waals surface area contributed by atoms with E-state index in [9.17, 15) is 4.79 Å². The second-order valence-corrected chi connectivity index (χ2v) is 8.85. The van der Waals surface area contributed by atoms with Crippen LogP contribution in [0.1, 0.15) is 31.3 Å². The molecule has 0 aliphatic heterocycles. The average molecular weight is 458 g/mol. The van der Waals surface area contributed by atoms with Gasteiger partial charge in [-0.2, -0.15) is 0 Å². The van der Waals surface area contributed by atoms with Gasteiger partial charge in [0.25, 0.3) is 0 Å². The van der Waals surface area contributed by atoms with Crippen molar-refractivity contribution in [2.24, 2.45) is 0 Å². The Balaban J connectivity index is 1.80. The molecule has 0 radical (unpaired) electrons. The highest BCUT2D eigenvalue weighted by Crippen LogP contribution is 2.27. The number of hydrogen-bond acceptors (Lipinski definition) is 5. The lowest BCUT2D eigenvalue weighted by Gasteiger charge is -2.22. The van der Waals surface area contributed by atoms with E-state index in [2.05, 4.69) is 22.0 Å². The van der Waals surface area contributed by atoms with Gasteiger partial charge >= 0.3 is 0 Å². The van der Waals surface area contributed by atoms with Gasteiger partial charge in [0.1, 0.15) is 0 Å². The number of amides is 1. The second kappa shape index (κ2) is 10.8. The van der Waals surface area contributed by atoms with Gasteiger partial charge in [0.05, 0.1) is 11.8 Å². The maximum atomic E-state index is 12.9. The first-order valence-corrected chi connectivity index (χ1v) is 11.6. The molecule has 0 N–H and O–H groups in total. The number of aromatic nitrogens is 3. The molecular weight excluding hydrogens is 430 g/mol. The van der Waals surface area contributed by atoms with Gasteiger partial charge in [-0.1, -0.05) is 53.7 Å². The lowest BCUT2D eigenvalue weighted by atomic mass is 10.2. The number of carbonyl (C=O) groups is 1. The van der Waals surface area contributed by atoms with Crippen LogP contribution in [-0.4, -0.2) is 56.9 Å². The molecule has 0 aliphatic rings. The van der Waals surface area contributed by atoms with Crippen molar-refractivity contribution < 1.29 is 4.79 Å². The molecule has 2 aromatic carbocycles. The normalized spacial score (nSPS) is 12.2. The molecule has 0 saturated carbocycles. The van der Waals surface area contributed by atoms with Gasteiger partial charge in [-0.3, -0.25) is 14.3 Å². The van der Waals surface area contributed by atoms with Crippen LogP contribution in [0.5, 0.6) is 0 Å². The minimum Gasteiger partial charge on any atom is -0.338 e. The summed E-state index contributed by atoms with van der Waals surface area (Å²) >= 11 is 7.49. The van der Waals surface area contributed by atoms with Gasteiger partial charge in [0.2, 0.25) is 5.91 Å². The van der Waals surface area contributed by atoms with Gasteiger partial charge in [0.15, 0.2) is 11.0 Å². The third-order valence-electron chi connectivity index (χ3n) is 5.17. The minimum absolute atomic E-state index is 0.0541. The van der Waals surface area contributed by atoms with Crippen molar-refractivity contribution in [2.45, 2.75) is 31.6 Å². The topological polar surface area (TPSA) is 54.3 Å². The van der Waals surface area contributed by atoms with Crippen molar-refractivity contribution in [1.82, 2.24) is 24.6 Å². The SMILES string of the molecule is CCN(Cc1ccccc1)C(=O)CSc1nnc(C(C)N(C)C)n1-c1ccc(Cl)cc1. The van der Waals surface area contributed by atoms with E-state index in [4.69, 9.17) is 11.6 Å². The number of halogens is 1. The molecule has 8 heteroatoms. The molecule has 1 heterocycles. The van der Waals surface area contributed by atoms with Crippen LogP contribution in [0.3, 0.4) is 0 Å². The number of hydrogen-bond donors (Lipinski definition) is 0. The van der Waals surface area contributed by atoms with E-state index in [-0.39, 0.29) is 11.9 Å². The van der Waals surface area contributed by atoms with Crippen molar-refractivity contribution >= 4 is 29.3 Å². The van der Waals surface area contributed by atoms with Crippen molar-refractivity contribution in [1.29, 1.82) is 0 Å². The zero-order chi connectivity index (χ0) is 22.4. The first-order chi connectivity index (χ1) is 14.9. The van der Waals surface area contributed by atoms with Crippen LogP contribution in [0.15, 0.2) is 59.8 Å². The largest absolute Gasteiger partial charge is 0.338 e. The minimum atomic E-state index is 0.0541. The lowest BCUT2D eigenvalue weighted by molar-refractivity contribution is -0.128. The molecule has 0 aliphatic carbocycles. The summed E-state index contributed by atoms with van der Waals surface area (Å²) in [6, 6.07) is 17.7.